The average Bonchev–Trinajstić information content (AvgIpc) is 3.89. The van der Waals surface area contributed by atoms with Crippen LogP contribution in [-0.2, 0) is 0 Å². The van der Waals surface area contributed by atoms with E-state index in [2.05, 4.69) is 179 Å². The van der Waals surface area contributed by atoms with Gasteiger partial charge in [-0.05, 0) is 57.9 Å². The summed E-state index contributed by atoms with van der Waals surface area (Å²) in [7, 11) is 0. The summed E-state index contributed by atoms with van der Waals surface area (Å²) in [6.07, 6.45) is 0. The first-order chi connectivity index (χ1) is 28.3. The molecule has 0 aliphatic rings. The van der Waals surface area contributed by atoms with Gasteiger partial charge in [-0.1, -0.05) is 133 Å². The van der Waals surface area contributed by atoms with Crippen LogP contribution in [0.15, 0.2) is 170 Å². The number of aromatic nitrogens is 4. The van der Waals surface area contributed by atoms with Gasteiger partial charge in [0.15, 0.2) is 0 Å². The van der Waals surface area contributed by atoms with Crippen LogP contribution < -0.4 is 0 Å². The molecule has 0 fully saturated rings. The molecule has 0 bridgehead atoms. The normalized spacial score (nSPS) is 12.6. The molecule has 14 rings (SSSR count). The zero-order valence-electron chi connectivity index (χ0n) is 30.4. The first-order valence-electron chi connectivity index (χ1n) is 19.4. The summed E-state index contributed by atoms with van der Waals surface area (Å²) in [4.78, 5) is 11.1. The number of rotatable bonds is 2. The Morgan fingerprint density at radius 2 is 1.11 bits per heavy atom. The molecule has 262 valence electrons. The second-order valence-corrected chi connectivity index (χ2v) is 16.4. The lowest BCUT2D eigenvalue weighted by atomic mass is 9.97. The summed E-state index contributed by atoms with van der Waals surface area (Å²) >= 11 is 1.87. The van der Waals surface area contributed by atoms with Crippen molar-refractivity contribution in [2.75, 3.05) is 0 Å². The van der Waals surface area contributed by atoms with E-state index < -0.39 is 0 Å². The number of para-hydroxylation sites is 1. The van der Waals surface area contributed by atoms with E-state index in [-0.39, 0.29) is 0 Å². The van der Waals surface area contributed by atoms with Crippen molar-refractivity contribution in [3.05, 3.63) is 170 Å². The fourth-order valence-electron chi connectivity index (χ4n) is 10.1. The maximum absolute atomic E-state index is 5.58. The van der Waals surface area contributed by atoms with E-state index >= 15 is 0 Å². The van der Waals surface area contributed by atoms with Crippen LogP contribution in [0.4, 0.5) is 0 Å². The summed E-state index contributed by atoms with van der Waals surface area (Å²) in [5.41, 5.74) is 8.85. The molecule has 0 aliphatic heterocycles. The predicted molar refractivity (Wildman–Crippen MR) is 242 cm³/mol. The highest BCUT2D eigenvalue weighted by Crippen LogP contribution is 2.50. The van der Waals surface area contributed by atoms with Crippen LogP contribution in [0.25, 0.3) is 130 Å². The SMILES string of the molecule is c1ccc(-c2nc(-n3c4cccc5c4c4c3cc3sc6ccccc6c3c4n3c4ccccc4c4cc6ccccc6c5c43)nc3c2ccc2ccccc23)cc1. The second-order valence-electron chi connectivity index (χ2n) is 15.3. The third kappa shape index (κ3) is 3.77. The molecule has 57 heavy (non-hydrogen) atoms. The van der Waals surface area contributed by atoms with Crippen LogP contribution >= 0.6 is 11.3 Å². The van der Waals surface area contributed by atoms with Gasteiger partial charge >= 0.3 is 0 Å². The third-order valence-electron chi connectivity index (χ3n) is 12.4. The molecule has 5 heteroatoms. The summed E-state index contributed by atoms with van der Waals surface area (Å²) in [6, 6.07) is 62.0. The number of nitrogens with zero attached hydrogens (tertiary/aromatic N) is 4. The minimum atomic E-state index is 0.669. The Bertz CT molecular complexity index is 4040. The van der Waals surface area contributed by atoms with Crippen LogP contribution in [0, 0.1) is 0 Å². The first-order valence-corrected chi connectivity index (χ1v) is 20.2. The Morgan fingerprint density at radius 1 is 0.386 bits per heavy atom. The molecule has 0 spiro atoms. The Labute approximate surface area is 328 Å². The Balaban J connectivity index is 1.30. The highest BCUT2D eigenvalue weighted by atomic mass is 32.1. The first kappa shape index (κ1) is 29.9. The predicted octanol–water partition coefficient (Wildman–Crippen LogP) is 14.2. The molecule has 4 nitrogen and oxygen atoms in total. The van der Waals surface area contributed by atoms with Crippen LogP contribution in [0.2, 0.25) is 0 Å². The van der Waals surface area contributed by atoms with E-state index in [1.54, 1.807) is 0 Å². The van der Waals surface area contributed by atoms with Gasteiger partial charge in [0.05, 0.1) is 38.8 Å². The quantitative estimate of drug-likeness (QED) is 0.165. The molecule has 14 aromatic rings. The van der Waals surface area contributed by atoms with Crippen LogP contribution in [0.1, 0.15) is 0 Å². The zero-order valence-corrected chi connectivity index (χ0v) is 31.2. The van der Waals surface area contributed by atoms with Crippen molar-refractivity contribution < 1.29 is 0 Å². The van der Waals surface area contributed by atoms with Gasteiger partial charge in [0.2, 0.25) is 5.95 Å². The maximum Gasteiger partial charge on any atom is 0.235 e. The van der Waals surface area contributed by atoms with Gasteiger partial charge in [-0.3, -0.25) is 4.57 Å². The van der Waals surface area contributed by atoms with Crippen LogP contribution in [-0.4, -0.2) is 18.9 Å². The Kier molecular flexibility index (Phi) is 5.62. The van der Waals surface area contributed by atoms with Crippen molar-refractivity contribution >= 4 is 124 Å². The molecule has 0 saturated heterocycles. The average molecular weight is 741 g/mol. The molecule has 0 unspecified atom stereocenters. The zero-order chi connectivity index (χ0) is 36.9. The summed E-state index contributed by atoms with van der Waals surface area (Å²) in [5, 5.41) is 15.9. The van der Waals surface area contributed by atoms with Gasteiger partial charge < -0.3 is 4.40 Å². The van der Waals surface area contributed by atoms with E-state index in [0.29, 0.717) is 5.95 Å². The summed E-state index contributed by atoms with van der Waals surface area (Å²) in [5.74, 6) is 0.669. The molecule has 5 aromatic heterocycles. The number of fused-ring (bicyclic) bond motifs is 14. The largest absolute Gasteiger partial charge is 0.307 e. The second kappa shape index (κ2) is 10.7. The van der Waals surface area contributed by atoms with Gasteiger partial charge in [0.1, 0.15) is 0 Å². The van der Waals surface area contributed by atoms with Gasteiger partial charge in [-0.25, -0.2) is 9.97 Å². The van der Waals surface area contributed by atoms with Crippen molar-refractivity contribution in [3.8, 4) is 17.2 Å². The molecule has 0 radical (unpaired) electrons. The van der Waals surface area contributed by atoms with Gasteiger partial charge in [-0.15, -0.1) is 11.3 Å². The summed E-state index contributed by atoms with van der Waals surface area (Å²) < 4.78 is 7.48. The monoisotopic (exact) mass is 740 g/mol. The van der Waals surface area contributed by atoms with E-state index in [1.807, 2.05) is 11.3 Å². The fraction of sp³-hybridized carbons (Fsp3) is 0. The van der Waals surface area contributed by atoms with Crippen molar-refractivity contribution in [1.82, 2.24) is 18.9 Å². The lowest BCUT2D eigenvalue weighted by molar-refractivity contribution is 1.02. The molecule has 0 aliphatic carbocycles. The smallest absolute Gasteiger partial charge is 0.235 e. The maximum atomic E-state index is 5.58. The van der Waals surface area contributed by atoms with Gasteiger partial charge in [0.25, 0.3) is 0 Å². The molecule has 9 aromatic carbocycles. The van der Waals surface area contributed by atoms with Crippen molar-refractivity contribution in [2.45, 2.75) is 0 Å². The van der Waals surface area contributed by atoms with Crippen LogP contribution in [0.5, 0.6) is 0 Å². The van der Waals surface area contributed by atoms with Crippen molar-refractivity contribution in [1.29, 1.82) is 0 Å². The van der Waals surface area contributed by atoms with Gasteiger partial charge in [0, 0.05) is 63.4 Å². The number of benzene rings is 9. The van der Waals surface area contributed by atoms with E-state index in [0.717, 1.165) is 44.0 Å². The topological polar surface area (TPSA) is 35.1 Å². The summed E-state index contributed by atoms with van der Waals surface area (Å²) in [6.45, 7) is 0. The minimum absolute atomic E-state index is 0.669. The lowest BCUT2D eigenvalue weighted by Crippen LogP contribution is -2.04. The molecule has 0 saturated carbocycles. The molecule has 0 atom stereocenters. The van der Waals surface area contributed by atoms with Gasteiger partial charge in [-0.2, -0.15) is 0 Å². The Morgan fingerprint density at radius 3 is 2.00 bits per heavy atom. The standard InChI is InChI=1S/C52H28N4S/c1-2-14-30(15-3-1)48-37-26-25-29-13-4-7-18-33(29)49(37)54-52(53-48)55-40-23-12-21-36-44-32-17-6-5-16-31(32)27-38-34-19-8-10-22-39(34)56(50(38)44)51-46-35-20-9-11-24-42(35)57-43(46)28-41(55)47(51)45(36)40/h1-28H. The van der Waals surface area contributed by atoms with E-state index in [4.69, 9.17) is 9.97 Å². The minimum Gasteiger partial charge on any atom is -0.307 e. The lowest BCUT2D eigenvalue weighted by Gasteiger charge is -2.14. The molecule has 0 N–H and O–H groups in total. The molecular weight excluding hydrogens is 713 g/mol. The molecule has 0 amide bonds. The van der Waals surface area contributed by atoms with Crippen molar-refractivity contribution in [3.63, 3.8) is 0 Å². The number of hydrogen-bond donors (Lipinski definition) is 0. The fourth-order valence-corrected chi connectivity index (χ4v) is 11.2. The molecule has 5 heterocycles. The Hall–Kier alpha value is -7.34. The van der Waals surface area contributed by atoms with E-state index in [9.17, 15) is 0 Å². The van der Waals surface area contributed by atoms with Crippen molar-refractivity contribution in [2.24, 2.45) is 0 Å². The highest BCUT2D eigenvalue weighted by molar-refractivity contribution is 7.26. The number of thiophene rings is 1. The van der Waals surface area contributed by atoms with E-state index in [1.165, 1.54) is 79.8 Å². The highest BCUT2D eigenvalue weighted by Gasteiger charge is 2.27. The third-order valence-corrected chi connectivity index (χ3v) is 13.5. The number of hydrogen-bond acceptors (Lipinski definition) is 3. The molecular formula is C52H28N4S. The van der Waals surface area contributed by atoms with Crippen LogP contribution in [0.3, 0.4) is 0 Å².